The van der Waals surface area contributed by atoms with Crippen molar-refractivity contribution in [2.45, 2.75) is 20.3 Å². The van der Waals surface area contributed by atoms with Gasteiger partial charge in [0.25, 0.3) is 0 Å². The molecule has 0 aliphatic carbocycles. The number of carbonyl (C=O) groups is 1. The summed E-state index contributed by atoms with van der Waals surface area (Å²) in [7, 11) is 0. The third kappa shape index (κ3) is 3.98. The van der Waals surface area contributed by atoms with E-state index in [9.17, 15) is 4.79 Å². The van der Waals surface area contributed by atoms with E-state index < -0.39 is 0 Å². The number of benzene rings is 1. The lowest BCUT2D eigenvalue weighted by molar-refractivity contribution is -0.137. The molecule has 0 saturated heterocycles. The van der Waals surface area contributed by atoms with Gasteiger partial charge in [-0.15, -0.1) is 0 Å². The van der Waals surface area contributed by atoms with Gasteiger partial charge in [0.05, 0.1) is 6.61 Å². The molecule has 0 heterocycles. The summed E-state index contributed by atoms with van der Waals surface area (Å²) >= 11 is 0. The maximum Gasteiger partial charge on any atom is 0.330 e. The summed E-state index contributed by atoms with van der Waals surface area (Å²) < 4.78 is 4.78. The van der Waals surface area contributed by atoms with Gasteiger partial charge in [-0.1, -0.05) is 31.2 Å². The Kier molecular flexibility index (Phi) is 4.61. The first-order valence-corrected chi connectivity index (χ1v) is 5.20. The highest BCUT2D eigenvalue weighted by Crippen LogP contribution is 2.06. The molecule has 0 amide bonds. The molecule has 0 fully saturated rings. The first-order chi connectivity index (χ1) is 7.26. The topological polar surface area (TPSA) is 26.3 Å². The average molecular weight is 204 g/mol. The molecule has 0 spiro atoms. The van der Waals surface area contributed by atoms with E-state index >= 15 is 0 Å². The largest absolute Gasteiger partial charge is 0.463 e. The zero-order valence-corrected chi connectivity index (χ0v) is 9.19. The first kappa shape index (κ1) is 11.5. The van der Waals surface area contributed by atoms with Gasteiger partial charge in [0, 0.05) is 6.08 Å². The second-order valence-electron chi connectivity index (χ2n) is 3.18. The summed E-state index contributed by atoms with van der Waals surface area (Å²) in [4.78, 5) is 11.0. The van der Waals surface area contributed by atoms with Crippen molar-refractivity contribution in [3.8, 4) is 0 Å². The monoisotopic (exact) mass is 204 g/mol. The van der Waals surface area contributed by atoms with Crippen molar-refractivity contribution in [1.82, 2.24) is 0 Å². The van der Waals surface area contributed by atoms with Crippen molar-refractivity contribution in [3.05, 3.63) is 41.5 Å². The molecule has 1 aromatic carbocycles. The summed E-state index contributed by atoms with van der Waals surface area (Å²) in [6.07, 6.45) is 4.24. The van der Waals surface area contributed by atoms with Crippen LogP contribution in [0.1, 0.15) is 25.0 Å². The van der Waals surface area contributed by atoms with E-state index in [4.69, 9.17) is 4.74 Å². The van der Waals surface area contributed by atoms with Gasteiger partial charge in [0.2, 0.25) is 0 Å². The van der Waals surface area contributed by atoms with Crippen LogP contribution in [0.15, 0.2) is 30.3 Å². The van der Waals surface area contributed by atoms with Crippen LogP contribution in [-0.4, -0.2) is 12.6 Å². The average Bonchev–Trinajstić information content (AvgIpc) is 2.27. The molecule has 0 aliphatic heterocycles. The molecule has 2 heteroatoms. The van der Waals surface area contributed by atoms with E-state index in [1.807, 2.05) is 12.1 Å². The van der Waals surface area contributed by atoms with Crippen molar-refractivity contribution in [3.63, 3.8) is 0 Å². The lowest BCUT2D eigenvalue weighted by Crippen LogP contribution is -1.98. The number of hydrogen-bond donors (Lipinski definition) is 0. The molecule has 0 radical (unpaired) electrons. The highest BCUT2D eigenvalue weighted by Gasteiger charge is 1.94. The normalized spacial score (nSPS) is 10.5. The van der Waals surface area contributed by atoms with Crippen LogP contribution >= 0.6 is 0 Å². The molecule has 80 valence electrons. The molecule has 0 aliphatic rings. The van der Waals surface area contributed by atoms with Crippen LogP contribution in [0.5, 0.6) is 0 Å². The third-order valence-corrected chi connectivity index (χ3v) is 2.09. The fourth-order valence-electron chi connectivity index (χ4n) is 1.22. The molecule has 1 rings (SSSR count). The van der Waals surface area contributed by atoms with Crippen LogP contribution in [0.4, 0.5) is 0 Å². The van der Waals surface area contributed by atoms with Gasteiger partial charge in [0.1, 0.15) is 0 Å². The highest BCUT2D eigenvalue weighted by atomic mass is 16.5. The lowest BCUT2D eigenvalue weighted by Gasteiger charge is -1.97. The first-order valence-electron chi connectivity index (χ1n) is 5.20. The quantitative estimate of drug-likeness (QED) is 0.557. The van der Waals surface area contributed by atoms with Gasteiger partial charge in [-0.3, -0.25) is 0 Å². The number of hydrogen-bond acceptors (Lipinski definition) is 2. The van der Waals surface area contributed by atoms with Crippen molar-refractivity contribution >= 4 is 12.0 Å². The molecule has 2 nitrogen and oxygen atoms in total. The minimum Gasteiger partial charge on any atom is -0.463 e. The number of aryl methyl sites for hydroxylation is 1. The van der Waals surface area contributed by atoms with Crippen LogP contribution < -0.4 is 0 Å². The smallest absolute Gasteiger partial charge is 0.330 e. The Balaban J connectivity index is 2.60. The Morgan fingerprint density at radius 3 is 2.47 bits per heavy atom. The van der Waals surface area contributed by atoms with Crippen LogP contribution in [0.25, 0.3) is 6.08 Å². The van der Waals surface area contributed by atoms with Gasteiger partial charge < -0.3 is 4.74 Å². The molecular weight excluding hydrogens is 188 g/mol. The van der Waals surface area contributed by atoms with Crippen molar-refractivity contribution in [2.24, 2.45) is 0 Å². The van der Waals surface area contributed by atoms with Crippen LogP contribution in [0.2, 0.25) is 0 Å². The molecule has 0 unspecified atom stereocenters. The highest BCUT2D eigenvalue weighted by molar-refractivity contribution is 5.86. The van der Waals surface area contributed by atoms with Gasteiger partial charge >= 0.3 is 5.97 Å². The molecule has 15 heavy (non-hydrogen) atoms. The Bertz CT molecular complexity index is 336. The van der Waals surface area contributed by atoms with Gasteiger partial charge in [-0.2, -0.15) is 0 Å². The molecule has 0 atom stereocenters. The van der Waals surface area contributed by atoms with Crippen molar-refractivity contribution in [1.29, 1.82) is 0 Å². The summed E-state index contributed by atoms with van der Waals surface area (Å²) in [5.41, 5.74) is 2.31. The molecular formula is C13H16O2. The second-order valence-corrected chi connectivity index (χ2v) is 3.18. The predicted octanol–water partition coefficient (Wildman–Crippen LogP) is 2.83. The van der Waals surface area contributed by atoms with E-state index in [-0.39, 0.29) is 5.97 Å². The van der Waals surface area contributed by atoms with Crippen molar-refractivity contribution in [2.75, 3.05) is 6.61 Å². The number of rotatable bonds is 4. The zero-order chi connectivity index (χ0) is 11.1. The van der Waals surface area contributed by atoms with E-state index in [1.54, 1.807) is 13.0 Å². The minimum atomic E-state index is -0.294. The summed E-state index contributed by atoms with van der Waals surface area (Å²) in [5.74, 6) is -0.294. The SMILES string of the molecule is CCOC(=O)C=Cc1ccc(CC)cc1. The van der Waals surface area contributed by atoms with Crippen LogP contribution in [0, 0.1) is 0 Å². The van der Waals surface area contributed by atoms with Gasteiger partial charge in [-0.05, 0) is 30.5 Å². The van der Waals surface area contributed by atoms with E-state index in [2.05, 4.69) is 19.1 Å². The Morgan fingerprint density at radius 1 is 1.27 bits per heavy atom. The number of carbonyl (C=O) groups excluding carboxylic acids is 1. The molecule has 0 N–H and O–H groups in total. The lowest BCUT2D eigenvalue weighted by atomic mass is 10.1. The maximum absolute atomic E-state index is 11.0. The number of ether oxygens (including phenoxy) is 1. The van der Waals surface area contributed by atoms with Crippen LogP contribution in [0.3, 0.4) is 0 Å². The molecule has 0 aromatic heterocycles. The summed E-state index contributed by atoms with van der Waals surface area (Å²) in [6.45, 7) is 4.32. The zero-order valence-electron chi connectivity index (χ0n) is 9.19. The fourth-order valence-corrected chi connectivity index (χ4v) is 1.22. The molecule has 1 aromatic rings. The summed E-state index contributed by atoms with van der Waals surface area (Å²) in [6, 6.07) is 8.11. The van der Waals surface area contributed by atoms with E-state index in [0.29, 0.717) is 6.61 Å². The third-order valence-electron chi connectivity index (χ3n) is 2.09. The fraction of sp³-hybridized carbons (Fsp3) is 0.308. The van der Waals surface area contributed by atoms with Gasteiger partial charge in [-0.25, -0.2) is 4.79 Å². The van der Waals surface area contributed by atoms with E-state index in [1.165, 1.54) is 11.6 Å². The number of esters is 1. The van der Waals surface area contributed by atoms with E-state index in [0.717, 1.165) is 12.0 Å². The predicted molar refractivity (Wildman–Crippen MR) is 61.5 cm³/mol. The molecule has 0 saturated carbocycles. The minimum absolute atomic E-state index is 0.294. The Morgan fingerprint density at radius 2 is 1.93 bits per heavy atom. The Hall–Kier alpha value is -1.57. The maximum atomic E-state index is 11.0. The van der Waals surface area contributed by atoms with Crippen molar-refractivity contribution < 1.29 is 9.53 Å². The van der Waals surface area contributed by atoms with Gasteiger partial charge in [0.15, 0.2) is 0 Å². The molecule has 0 bridgehead atoms. The Labute approximate surface area is 90.6 Å². The standard InChI is InChI=1S/C13H16O2/c1-3-11-5-7-12(8-6-11)9-10-13(14)15-4-2/h5-10H,3-4H2,1-2H3. The summed E-state index contributed by atoms with van der Waals surface area (Å²) in [5, 5.41) is 0. The second kappa shape index (κ2) is 6.02. The van der Waals surface area contributed by atoms with Crippen LogP contribution in [-0.2, 0) is 16.0 Å².